The first-order valence-corrected chi connectivity index (χ1v) is 6.09. The van der Waals surface area contributed by atoms with Gasteiger partial charge in [0.25, 0.3) is 0 Å². The molecule has 1 saturated carbocycles. The maximum atomic E-state index is 11.6. The van der Waals surface area contributed by atoms with Crippen LogP contribution in [0, 0.1) is 0 Å². The zero-order valence-corrected chi connectivity index (χ0v) is 10.4. The molecule has 0 spiro atoms. The van der Waals surface area contributed by atoms with Gasteiger partial charge < -0.3 is 10.1 Å². The number of nitrogens with one attached hydrogen (secondary N) is 1. The predicted octanol–water partition coefficient (Wildman–Crippen LogP) is 2.44. The van der Waals surface area contributed by atoms with E-state index < -0.39 is 0 Å². The van der Waals surface area contributed by atoms with Gasteiger partial charge in [0, 0.05) is 18.4 Å². The van der Waals surface area contributed by atoms with Crippen molar-refractivity contribution >= 4 is 23.3 Å². The lowest BCUT2D eigenvalue weighted by Gasteiger charge is -2.18. The van der Waals surface area contributed by atoms with Crippen molar-refractivity contribution < 1.29 is 9.53 Å². The Labute approximate surface area is 105 Å². The van der Waals surface area contributed by atoms with Gasteiger partial charge in [-0.3, -0.25) is 4.98 Å². The second-order valence-corrected chi connectivity index (χ2v) is 4.67. The normalized spacial score (nSPS) is 23.4. The highest BCUT2D eigenvalue weighted by atomic mass is 35.5. The van der Waals surface area contributed by atoms with Crippen LogP contribution >= 0.6 is 11.6 Å². The number of hydrogen-bond donors (Lipinski definition) is 1. The zero-order chi connectivity index (χ0) is 12.3. The third-order valence-corrected chi connectivity index (χ3v) is 3.52. The molecule has 5 heteroatoms. The summed E-state index contributed by atoms with van der Waals surface area (Å²) in [6, 6.07) is 1.98. The van der Waals surface area contributed by atoms with E-state index in [1.165, 1.54) is 13.3 Å². The Bertz CT molecular complexity index is 411. The predicted molar refractivity (Wildman–Crippen MR) is 66.5 cm³/mol. The zero-order valence-electron chi connectivity index (χ0n) is 9.65. The molecular formula is C12H15ClN2O2. The van der Waals surface area contributed by atoms with Gasteiger partial charge in [0.15, 0.2) is 0 Å². The number of carbonyl (C=O) groups is 1. The third kappa shape index (κ3) is 2.69. The minimum atomic E-state index is -0.385. The number of alkyl halides is 1. The Morgan fingerprint density at radius 2 is 2.41 bits per heavy atom. The Morgan fingerprint density at radius 3 is 3.06 bits per heavy atom. The van der Waals surface area contributed by atoms with Crippen molar-refractivity contribution in [2.45, 2.75) is 30.7 Å². The van der Waals surface area contributed by atoms with Crippen molar-refractivity contribution in [2.75, 3.05) is 12.4 Å². The molecule has 2 atom stereocenters. The largest absolute Gasteiger partial charge is 0.465 e. The van der Waals surface area contributed by atoms with E-state index in [0.29, 0.717) is 5.56 Å². The molecule has 1 N–H and O–H groups in total. The Balaban J connectivity index is 2.17. The van der Waals surface area contributed by atoms with Gasteiger partial charge >= 0.3 is 5.97 Å². The monoisotopic (exact) mass is 254 g/mol. The van der Waals surface area contributed by atoms with Crippen LogP contribution in [0.15, 0.2) is 18.5 Å². The van der Waals surface area contributed by atoms with Crippen molar-refractivity contribution in [3.8, 4) is 0 Å². The third-order valence-electron chi connectivity index (χ3n) is 3.00. The van der Waals surface area contributed by atoms with Crippen LogP contribution in [0.2, 0.25) is 0 Å². The number of esters is 1. The molecule has 1 aromatic heterocycles. The van der Waals surface area contributed by atoms with Crippen LogP contribution in [0.25, 0.3) is 0 Å². The summed E-state index contributed by atoms with van der Waals surface area (Å²) < 4.78 is 4.72. The van der Waals surface area contributed by atoms with E-state index in [-0.39, 0.29) is 17.4 Å². The fraction of sp³-hybridized carbons (Fsp3) is 0.500. The molecule has 0 radical (unpaired) electrons. The van der Waals surface area contributed by atoms with Crippen LogP contribution in [-0.4, -0.2) is 29.5 Å². The van der Waals surface area contributed by atoms with Gasteiger partial charge in [-0.05, 0) is 25.3 Å². The Hall–Kier alpha value is -1.29. The first-order valence-electron chi connectivity index (χ1n) is 5.65. The molecule has 1 aliphatic carbocycles. The summed E-state index contributed by atoms with van der Waals surface area (Å²) in [7, 11) is 1.36. The van der Waals surface area contributed by atoms with Crippen molar-refractivity contribution in [3.63, 3.8) is 0 Å². The molecule has 1 aliphatic rings. The molecule has 1 fully saturated rings. The molecule has 0 saturated heterocycles. The number of methoxy groups -OCH3 is 1. The molecular weight excluding hydrogens is 240 g/mol. The number of anilines is 1. The number of ether oxygens (including phenoxy) is 1. The number of pyridine rings is 1. The number of carbonyl (C=O) groups excluding carboxylic acids is 1. The molecule has 0 aliphatic heterocycles. The second kappa shape index (κ2) is 5.36. The average molecular weight is 255 g/mol. The highest BCUT2D eigenvalue weighted by molar-refractivity contribution is 6.21. The smallest absolute Gasteiger partial charge is 0.341 e. The molecule has 4 nitrogen and oxygen atoms in total. The first-order chi connectivity index (χ1) is 8.22. The van der Waals surface area contributed by atoms with Crippen molar-refractivity contribution in [1.82, 2.24) is 4.98 Å². The van der Waals surface area contributed by atoms with Gasteiger partial charge in [0.1, 0.15) is 5.56 Å². The van der Waals surface area contributed by atoms with Crippen LogP contribution in [0.3, 0.4) is 0 Å². The van der Waals surface area contributed by atoms with Crippen molar-refractivity contribution in [1.29, 1.82) is 0 Å². The summed E-state index contributed by atoms with van der Waals surface area (Å²) in [5, 5.41) is 3.42. The van der Waals surface area contributed by atoms with Crippen molar-refractivity contribution in [3.05, 3.63) is 24.0 Å². The molecule has 1 aromatic rings. The quantitative estimate of drug-likeness (QED) is 0.665. The Kier molecular flexibility index (Phi) is 3.84. The minimum Gasteiger partial charge on any atom is -0.465 e. The number of aromatic nitrogens is 1. The van der Waals surface area contributed by atoms with Crippen molar-refractivity contribution in [2.24, 2.45) is 0 Å². The second-order valence-electron chi connectivity index (χ2n) is 4.11. The van der Waals surface area contributed by atoms with E-state index in [1.807, 2.05) is 0 Å². The molecule has 17 heavy (non-hydrogen) atoms. The number of halogens is 1. The van der Waals surface area contributed by atoms with Gasteiger partial charge in [-0.25, -0.2) is 4.79 Å². The van der Waals surface area contributed by atoms with E-state index in [0.717, 1.165) is 24.9 Å². The summed E-state index contributed by atoms with van der Waals surface area (Å²) in [5.74, 6) is -0.385. The van der Waals surface area contributed by atoms with E-state index in [4.69, 9.17) is 16.3 Å². The molecule has 0 amide bonds. The van der Waals surface area contributed by atoms with E-state index in [9.17, 15) is 4.79 Å². The molecule has 2 unspecified atom stereocenters. The number of hydrogen-bond acceptors (Lipinski definition) is 4. The highest BCUT2D eigenvalue weighted by Crippen LogP contribution is 2.28. The summed E-state index contributed by atoms with van der Waals surface area (Å²) in [6.45, 7) is 0. The molecule has 0 bridgehead atoms. The van der Waals surface area contributed by atoms with E-state index in [2.05, 4.69) is 10.3 Å². The lowest BCUT2D eigenvalue weighted by Crippen LogP contribution is -2.25. The summed E-state index contributed by atoms with van der Waals surface area (Å²) in [5.41, 5.74) is 1.19. The fourth-order valence-corrected chi connectivity index (χ4v) is 2.41. The van der Waals surface area contributed by atoms with Gasteiger partial charge in [0.05, 0.1) is 18.2 Å². The van der Waals surface area contributed by atoms with Crippen LogP contribution in [0.4, 0.5) is 5.69 Å². The summed E-state index contributed by atoms with van der Waals surface area (Å²) in [4.78, 5) is 15.5. The van der Waals surface area contributed by atoms with Crippen LogP contribution in [-0.2, 0) is 4.74 Å². The number of rotatable bonds is 3. The van der Waals surface area contributed by atoms with Gasteiger partial charge in [-0.1, -0.05) is 0 Å². The molecule has 1 heterocycles. The first kappa shape index (κ1) is 12.2. The van der Waals surface area contributed by atoms with E-state index >= 15 is 0 Å². The highest BCUT2D eigenvalue weighted by Gasteiger charge is 2.26. The van der Waals surface area contributed by atoms with Gasteiger partial charge in [-0.2, -0.15) is 0 Å². The maximum absolute atomic E-state index is 11.6. The fourth-order valence-electron chi connectivity index (χ4n) is 2.07. The van der Waals surface area contributed by atoms with Gasteiger partial charge in [0.2, 0.25) is 0 Å². The number of nitrogens with zero attached hydrogens (tertiary/aromatic N) is 1. The SMILES string of the molecule is COC(=O)c1cnccc1NC1CCCC1Cl. The van der Waals surface area contributed by atoms with Crippen LogP contribution in [0.5, 0.6) is 0 Å². The topological polar surface area (TPSA) is 51.2 Å². The summed E-state index contributed by atoms with van der Waals surface area (Å²) in [6.07, 6.45) is 6.30. The summed E-state index contributed by atoms with van der Waals surface area (Å²) >= 11 is 6.20. The average Bonchev–Trinajstić information content (AvgIpc) is 2.75. The lowest BCUT2D eigenvalue weighted by molar-refractivity contribution is 0.0601. The molecule has 92 valence electrons. The minimum absolute atomic E-state index is 0.119. The molecule has 0 aromatic carbocycles. The standard InChI is InChI=1S/C12H15ClN2O2/c1-17-12(16)8-7-14-6-5-10(8)15-11-4-2-3-9(11)13/h5-7,9,11H,2-4H2,1H3,(H,14,15). The van der Waals surface area contributed by atoms with Gasteiger partial charge in [-0.15, -0.1) is 11.6 Å². The van der Waals surface area contributed by atoms with E-state index in [1.54, 1.807) is 12.3 Å². The molecule has 2 rings (SSSR count). The Morgan fingerprint density at radius 1 is 1.59 bits per heavy atom. The van der Waals surface area contributed by atoms with Crippen LogP contribution in [0.1, 0.15) is 29.6 Å². The lowest BCUT2D eigenvalue weighted by atomic mass is 10.2. The maximum Gasteiger partial charge on any atom is 0.341 e. The van der Waals surface area contributed by atoms with Crippen LogP contribution < -0.4 is 5.32 Å².